The normalized spacial score (nSPS) is 15.8. The number of benzene rings is 1. The Morgan fingerprint density at radius 2 is 1.62 bits per heavy atom. The highest BCUT2D eigenvalue weighted by atomic mass is 16.6. The number of rotatable bonds is 13. The Bertz CT molecular complexity index is 916. The molecular formula is C31H51N3O5. The number of aliphatic hydroxyl groups is 1. The lowest BCUT2D eigenvalue weighted by molar-refractivity contribution is -0.143. The van der Waals surface area contributed by atoms with Crippen molar-refractivity contribution in [3.63, 3.8) is 0 Å². The molecule has 0 spiro atoms. The molecule has 2 rings (SSSR count). The minimum Gasteiger partial charge on any atom is -0.444 e. The molecule has 1 aliphatic carbocycles. The van der Waals surface area contributed by atoms with Gasteiger partial charge in [0, 0.05) is 12.6 Å². The monoisotopic (exact) mass is 545 g/mol. The Balaban J connectivity index is 2.43. The predicted molar refractivity (Wildman–Crippen MR) is 154 cm³/mol. The summed E-state index contributed by atoms with van der Waals surface area (Å²) >= 11 is 0. The standard InChI is InChI=1S/C31H51N3O5/c1-7-8-9-10-14-17-34(29(37)26(21-35)33-30(38)39-31(4,5)6)27(24-19-22(2)18-23(3)20-24)28(36)32-25-15-12-11-13-16-25/h18-20,25-27,35H,7-17,21H2,1-6H3,(H,32,36)(H,33,38). The molecule has 0 radical (unpaired) electrons. The number of nitrogens with zero attached hydrogens (tertiary/aromatic N) is 1. The highest BCUT2D eigenvalue weighted by Crippen LogP contribution is 2.27. The van der Waals surface area contributed by atoms with Crippen LogP contribution >= 0.6 is 0 Å². The number of hydrogen-bond donors (Lipinski definition) is 3. The van der Waals surface area contributed by atoms with Gasteiger partial charge in [-0.2, -0.15) is 0 Å². The van der Waals surface area contributed by atoms with Gasteiger partial charge in [-0.3, -0.25) is 9.59 Å². The van der Waals surface area contributed by atoms with E-state index in [9.17, 15) is 19.5 Å². The van der Waals surface area contributed by atoms with Gasteiger partial charge in [0.1, 0.15) is 17.7 Å². The van der Waals surface area contributed by atoms with Crippen molar-refractivity contribution in [1.82, 2.24) is 15.5 Å². The van der Waals surface area contributed by atoms with Crippen molar-refractivity contribution in [3.8, 4) is 0 Å². The summed E-state index contributed by atoms with van der Waals surface area (Å²) in [5.41, 5.74) is 1.98. The minimum absolute atomic E-state index is 0.0784. The van der Waals surface area contributed by atoms with Gasteiger partial charge in [0.05, 0.1) is 6.61 Å². The third-order valence-electron chi connectivity index (χ3n) is 7.03. The van der Waals surface area contributed by atoms with Crippen LogP contribution in [-0.2, 0) is 14.3 Å². The molecular weight excluding hydrogens is 494 g/mol. The van der Waals surface area contributed by atoms with Crippen molar-refractivity contribution in [2.45, 2.75) is 129 Å². The van der Waals surface area contributed by atoms with E-state index < -0.39 is 36.3 Å². The smallest absolute Gasteiger partial charge is 0.408 e. The SMILES string of the molecule is CCCCCCCN(C(=O)C(CO)NC(=O)OC(C)(C)C)C(C(=O)NC1CCCCC1)c1cc(C)cc(C)c1. The van der Waals surface area contributed by atoms with Gasteiger partial charge in [-0.1, -0.05) is 81.2 Å². The molecule has 8 heteroatoms. The second-order valence-corrected chi connectivity index (χ2v) is 12.0. The molecule has 2 atom stereocenters. The third-order valence-corrected chi connectivity index (χ3v) is 7.03. The zero-order valence-corrected chi connectivity index (χ0v) is 25.0. The van der Waals surface area contributed by atoms with Gasteiger partial charge in [0.15, 0.2) is 0 Å². The number of amides is 3. The zero-order valence-electron chi connectivity index (χ0n) is 25.0. The number of aliphatic hydroxyl groups excluding tert-OH is 1. The van der Waals surface area contributed by atoms with E-state index in [1.165, 1.54) is 6.42 Å². The molecule has 2 unspecified atom stereocenters. The average Bonchev–Trinajstić information content (AvgIpc) is 2.85. The van der Waals surface area contributed by atoms with Gasteiger partial charge < -0.3 is 25.4 Å². The highest BCUT2D eigenvalue weighted by Gasteiger charge is 2.37. The maximum absolute atomic E-state index is 14.0. The van der Waals surface area contributed by atoms with E-state index in [0.29, 0.717) is 13.0 Å². The van der Waals surface area contributed by atoms with Crippen LogP contribution in [0.1, 0.15) is 115 Å². The number of carbonyl (C=O) groups excluding carboxylic acids is 3. The van der Waals surface area contributed by atoms with Crippen LogP contribution in [0.2, 0.25) is 0 Å². The van der Waals surface area contributed by atoms with Crippen molar-refractivity contribution in [1.29, 1.82) is 0 Å². The lowest BCUT2D eigenvalue weighted by Gasteiger charge is -2.35. The zero-order chi connectivity index (χ0) is 29.0. The highest BCUT2D eigenvalue weighted by molar-refractivity contribution is 5.92. The van der Waals surface area contributed by atoms with Crippen LogP contribution in [0.3, 0.4) is 0 Å². The van der Waals surface area contributed by atoms with E-state index in [1.807, 2.05) is 32.0 Å². The second kappa shape index (κ2) is 15.8. The van der Waals surface area contributed by atoms with Crippen LogP contribution in [0.4, 0.5) is 4.79 Å². The summed E-state index contributed by atoms with van der Waals surface area (Å²) in [7, 11) is 0. The maximum Gasteiger partial charge on any atom is 0.408 e. The average molecular weight is 546 g/mol. The van der Waals surface area contributed by atoms with Crippen molar-refractivity contribution >= 4 is 17.9 Å². The molecule has 1 aliphatic rings. The quantitative estimate of drug-likeness (QED) is 0.285. The van der Waals surface area contributed by atoms with E-state index in [0.717, 1.165) is 68.1 Å². The van der Waals surface area contributed by atoms with Crippen molar-refractivity contribution in [3.05, 3.63) is 34.9 Å². The Hall–Kier alpha value is -2.61. The summed E-state index contributed by atoms with van der Waals surface area (Å²) in [6, 6.07) is 3.91. The molecule has 1 fully saturated rings. The van der Waals surface area contributed by atoms with Crippen molar-refractivity contribution < 1.29 is 24.2 Å². The van der Waals surface area contributed by atoms with E-state index in [-0.39, 0.29) is 11.9 Å². The fraction of sp³-hybridized carbons (Fsp3) is 0.710. The molecule has 0 saturated heterocycles. The molecule has 39 heavy (non-hydrogen) atoms. The van der Waals surface area contributed by atoms with Crippen LogP contribution in [-0.4, -0.2) is 58.8 Å². The summed E-state index contributed by atoms with van der Waals surface area (Å²) in [6.07, 6.45) is 9.28. The van der Waals surface area contributed by atoms with Crippen LogP contribution < -0.4 is 10.6 Å². The Morgan fingerprint density at radius 3 is 2.18 bits per heavy atom. The van der Waals surface area contributed by atoms with Gasteiger partial charge in [-0.15, -0.1) is 0 Å². The first kappa shape index (κ1) is 32.6. The van der Waals surface area contributed by atoms with E-state index in [2.05, 4.69) is 17.6 Å². The van der Waals surface area contributed by atoms with Gasteiger partial charge in [0.2, 0.25) is 11.8 Å². The Labute approximate surface area is 235 Å². The summed E-state index contributed by atoms with van der Waals surface area (Å²) in [5, 5.41) is 15.9. The van der Waals surface area contributed by atoms with Crippen LogP contribution in [0, 0.1) is 13.8 Å². The molecule has 1 saturated carbocycles. The Morgan fingerprint density at radius 1 is 1.00 bits per heavy atom. The number of nitrogens with one attached hydrogen (secondary N) is 2. The number of carbonyl (C=O) groups is 3. The number of aryl methyl sites for hydroxylation is 2. The topological polar surface area (TPSA) is 108 Å². The summed E-state index contributed by atoms with van der Waals surface area (Å²) in [6.45, 7) is 11.0. The number of alkyl carbamates (subject to hydrolysis) is 1. The molecule has 0 heterocycles. The molecule has 1 aromatic rings. The number of ether oxygens (including phenoxy) is 1. The molecule has 1 aromatic carbocycles. The summed E-state index contributed by atoms with van der Waals surface area (Å²) in [4.78, 5) is 42.0. The molecule has 3 N–H and O–H groups in total. The van der Waals surface area contributed by atoms with Crippen molar-refractivity contribution in [2.24, 2.45) is 0 Å². The molecule has 0 aromatic heterocycles. The van der Waals surface area contributed by atoms with Gasteiger partial charge in [-0.05, 0) is 59.4 Å². The fourth-order valence-corrected chi connectivity index (χ4v) is 5.26. The molecule has 8 nitrogen and oxygen atoms in total. The van der Waals surface area contributed by atoms with Gasteiger partial charge >= 0.3 is 6.09 Å². The first-order valence-corrected chi connectivity index (χ1v) is 14.7. The van der Waals surface area contributed by atoms with Gasteiger partial charge in [0.25, 0.3) is 0 Å². The second-order valence-electron chi connectivity index (χ2n) is 12.0. The fourth-order valence-electron chi connectivity index (χ4n) is 5.26. The minimum atomic E-state index is -1.23. The van der Waals surface area contributed by atoms with Crippen LogP contribution in [0.15, 0.2) is 18.2 Å². The molecule has 3 amide bonds. The summed E-state index contributed by atoms with van der Waals surface area (Å²) in [5.74, 6) is -0.718. The van der Waals surface area contributed by atoms with Crippen LogP contribution in [0.25, 0.3) is 0 Å². The number of unbranched alkanes of at least 4 members (excludes halogenated alkanes) is 4. The molecule has 0 bridgehead atoms. The summed E-state index contributed by atoms with van der Waals surface area (Å²) < 4.78 is 5.34. The Kier molecular flexibility index (Phi) is 13.2. The third kappa shape index (κ3) is 11.2. The first-order valence-electron chi connectivity index (χ1n) is 14.7. The van der Waals surface area contributed by atoms with Crippen LogP contribution in [0.5, 0.6) is 0 Å². The predicted octanol–water partition coefficient (Wildman–Crippen LogP) is 5.48. The largest absolute Gasteiger partial charge is 0.444 e. The first-order chi connectivity index (χ1) is 18.4. The maximum atomic E-state index is 14.0. The molecule has 220 valence electrons. The van der Waals surface area contributed by atoms with E-state index >= 15 is 0 Å². The molecule has 0 aliphatic heterocycles. The van der Waals surface area contributed by atoms with E-state index in [4.69, 9.17) is 4.74 Å². The number of hydrogen-bond acceptors (Lipinski definition) is 5. The lowest BCUT2D eigenvalue weighted by Crippen LogP contribution is -2.55. The van der Waals surface area contributed by atoms with E-state index in [1.54, 1.807) is 25.7 Å². The van der Waals surface area contributed by atoms with Crippen molar-refractivity contribution in [2.75, 3.05) is 13.2 Å². The lowest BCUT2D eigenvalue weighted by atomic mass is 9.94. The van der Waals surface area contributed by atoms with Gasteiger partial charge in [-0.25, -0.2) is 4.79 Å².